The number of furan rings is 1. The van der Waals surface area contributed by atoms with Gasteiger partial charge in [-0.3, -0.25) is 0 Å². The zero-order valence-corrected chi connectivity index (χ0v) is 33.9. The van der Waals surface area contributed by atoms with Crippen LogP contribution in [0.25, 0.3) is 98.8 Å². The molecule has 0 aliphatic rings. The van der Waals surface area contributed by atoms with Gasteiger partial charge in [-0.25, -0.2) is 0 Å². The molecule has 0 N–H and O–H groups in total. The molecule has 1 aromatic heterocycles. The van der Waals surface area contributed by atoms with Crippen molar-refractivity contribution in [1.82, 2.24) is 0 Å². The Balaban J connectivity index is 0.952. The van der Waals surface area contributed by atoms with Gasteiger partial charge < -0.3 is 9.32 Å². The highest BCUT2D eigenvalue weighted by atomic mass is 16.3. The Morgan fingerprint density at radius 2 is 0.774 bits per heavy atom. The lowest BCUT2D eigenvalue weighted by molar-refractivity contribution is 0.669. The molecule has 290 valence electrons. The van der Waals surface area contributed by atoms with E-state index in [4.69, 9.17) is 4.42 Å². The molecule has 0 atom stereocenters. The van der Waals surface area contributed by atoms with Crippen molar-refractivity contribution in [2.75, 3.05) is 4.90 Å². The quantitative estimate of drug-likeness (QED) is 0.150. The normalized spacial score (nSPS) is 11.5. The van der Waals surface area contributed by atoms with Crippen molar-refractivity contribution in [3.8, 4) is 44.5 Å². The van der Waals surface area contributed by atoms with Crippen LogP contribution in [0.15, 0.2) is 241 Å². The first kappa shape index (κ1) is 35.7. The van der Waals surface area contributed by atoms with E-state index in [0.29, 0.717) is 0 Å². The van der Waals surface area contributed by atoms with E-state index in [1.54, 1.807) is 0 Å². The number of nitrogens with zero attached hydrogens (tertiary/aromatic N) is 1. The molecule has 0 bridgehead atoms. The zero-order chi connectivity index (χ0) is 41.0. The van der Waals surface area contributed by atoms with Gasteiger partial charge in [0.25, 0.3) is 0 Å². The molecule has 0 amide bonds. The molecule has 0 fully saturated rings. The van der Waals surface area contributed by atoms with E-state index in [-0.39, 0.29) is 0 Å². The maximum absolute atomic E-state index is 6.25. The third kappa shape index (κ3) is 6.20. The van der Waals surface area contributed by atoms with E-state index in [9.17, 15) is 0 Å². The third-order valence-electron chi connectivity index (χ3n) is 12.4. The Kier molecular flexibility index (Phi) is 8.53. The molecular formula is C60H39NO. The highest BCUT2D eigenvalue weighted by Crippen LogP contribution is 2.44. The molecule has 1 heterocycles. The molecular weight excluding hydrogens is 751 g/mol. The minimum Gasteiger partial charge on any atom is -0.456 e. The van der Waals surface area contributed by atoms with Gasteiger partial charge in [-0.15, -0.1) is 0 Å². The number of para-hydroxylation sites is 1. The fraction of sp³-hybridized carbons (Fsp3) is 0. The maximum Gasteiger partial charge on any atom is 0.136 e. The van der Waals surface area contributed by atoms with Crippen LogP contribution in [0, 0.1) is 0 Å². The van der Waals surface area contributed by atoms with Gasteiger partial charge in [-0.05, 0) is 138 Å². The Bertz CT molecular complexity index is 3620. The fourth-order valence-electron chi connectivity index (χ4n) is 9.37. The summed E-state index contributed by atoms with van der Waals surface area (Å²) in [6.07, 6.45) is 0. The Morgan fingerprint density at radius 1 is 0.258 bits per heavy atom. The molecule has 0 unspecified atom stereocenters. The van der Waals surface area contributed by atoms with Crippen molar-refractivity contribution < 1.29 is 4.42 Å². The van der Waals surface area contributed by atoms with Gasteiger partial charge in [0, 0.05) is 27.5 Å². The summed E-state index contributed by atoms with van der Waals surface area (Å²) in [5.74, 6) is 0. The lowest BCUT2D eigenvalue weighted by Crippen LogP contribution is -2.10. The molecule has 62 heavy (non-hydrogen) atoms. The fourth-order valence-corrected chi connectivity index (χ4v) is 9.37. The van der Waals surface area contributed by atoms with Gasteiger partial charge in [-0.1, -0.05) is 170 Å². The monoisotopic (exact) mass is 789 g/mol. The van der Waals surface area contributed by atoms with Crippen molar-refractivity contribution >= 4 is 71.3 Å². The molecule has 0 aliphatic carbocycles. The lowest BCUT2D eigenvalue weighted by atomic mass is 9.93. The molecule has 12 aromatic rings. The van der Waals surface area contributed by atoms with Crippen LogP contribution in [-0.4, -0.2) is 0 Å². The van der Waals surface area contributed by atoms with Gasteiger partial charge in [-0.2, -0.15) is 0 Å². The number of benzene rings is 11. The summed E-state index contributed by atoms with van der Waals surface area (Å²) in [5, 5.41) is 9.68. The van der Waals surface area contributed by atoms with Crippen LogP contribution in [0.5, 0.6) is 0 Å². The molecule has 0 radical (unpaired) electrons. The Morgan fingerprint density at radius 3 is 1.52 bits per heavy atom. The topological polar surface area (TPSA) is 16.4 Å². The van der Waals surface area contributed by atoms with Crippen molar-refractivity contribution in [2.45, 2.75) is 0 Å². The van der Waals surface area contributed by atoms with Crippen LogP contribution in [0.1, 0.15) is 0 Å². The number of rotatable bonds is 7. The first-order valence-electron chi connectivity index (χ1n) is 21.2. The van der Waals surface area contributed by atoms with Crippen LogP contribution in [0.4, 0.5) is 17.1 Å². The number of hydrogen-bond donors (Lipinski definition) is 0. The molecule has 11 aromatic carbocycles. The molecule has 12 rings (SSSR count). The zero-order valence-electron chi connectivity index (χ0n) is 33.9. The minimum atomic E-state index is 0.905. The summed E-state index contributed by atoms with van der Waals surface area (Å²) in [4.78, 5) is 2.41. The highest BCUT2D eigenvalue weighted by Gasteiger charge is 2.19. The van der Waals surface area contributed by atoms with E-state index >= 15 is 0 Å². The predicted molar refractivity (Wildman–Crippen MR) is 263 cm³/mol. The largest absolute Gasteiger partial charge is 0.456 e. The lowest BCUT2D eigenvalue weighted by Gasteiger charge is -2.28. The van der Waals surface area contributed by atoms with Gasteiger partial charge in [0.15, 0.2) is 0 Å². The van der Waals surface area contributed by atoms with Crippen LogP contribution in [0.2, 0.25) is 0 Å². The molecule has 0 aliphatic heterocycles. The average molecular weight is 790 g/mol. The standard InChI is InChI=1S/C60H39NO/c1-2-13-42(14-3-1)57-37-48(36-46-15-4-7-20-52(46)57)41-27-32-50(33-28-41)61(58-38-47-16-5-6-19-51(47)53-21-8-9-22-54(53)58)49-30-25-40(26-31-49)43-17-12-18-44(35-43)45-29-34-56-55-23-10-11-24-59(55)62-60(56)39-45/h1-39H. The summed E-state index contributed by atoms with van der Waals surface area (Å²) in [6.45, 7) is 0. The number of anilines is 3. The SMILES string of the molecule is c1ccc(-c2cc(-c3ccc(N(c4ccc(-c5cccc(-c6ccc7c(c6)oc6ccccc67)c5)cc4)c4cc5ccccc5c5ccccc45)cc3)cc3ccccc23)cc1. The van der Waals surface area contributed by atoms with E-state index in [1.807, 2.05) is 12.1 Å². The van der Waals surface area contributed by atoms with E-state index in [2.05, 4.69) is 229 Å². The molecule has 0 saturated heterocycles. The van der Waals surface area contributed by atoms with Crippen LogP contribution >= 0.6 is 0 Å². The Labute approximate surface area is 360 Å². The average Bonchev–Trinajstić information content (AvgIpc) is 3.73. The van der Waals surface area contributed by atoms with E-state index < -0.39 is 0 Å². The van der Waals surface area contributed by atoms with Crippen LogP contribution in [0.3, 0.4) is 0 Å². The Hall–Kier alpha value is -8.20. The molecule has 2 heteroatoms. The second kappa shape index (κ2) is 14.8. The number of fused-ring (bicyclic) bond motifs is 7. The summed E-state index contributed by atoms with van der Waals surface area (Å²) < 4.78 is 6.25. The molecule has 2 nitrogen and oxygen atoms in total. The van der Waals surface area contributed by atoms with Gasteiger partial charge >= 0.3 is 0 Å². The first-order chi connectivity index (χ1) is 30.7. The van der Waals surface area contributed by atoms with Gasteiger partial charge in [0.05, 0.1) is 5.69 Å². The minimum absolute atomic E-state index is 0.905. The smallest absolute Gasteiger partial charge is 0.136 e. The van der Waals surface area contributed by atoms with E-state index in [1.165, 1.54) is 54.6 Å². The van der Waals surface area contributed by atoms with E-state index in [0.717, 1.165) is 61.3 Å². The first-order valence-corrected chi connectivity index (χ1v) is 21.2. The summed E-state index contributed by atoms with van der Waals surface area (Å²) >= 11 is 0. The molecule has 0 spiro atoms. The van der Waals surface area contributed by atoms with Crippen molar-refractivity contribution in [3.05, 3.63) is 237 Å². The second-order valence-corrected chi connectivity index (χ2v) is 16.1. The highest BCUT2D eigenvalue weighted by molar-refractivity contribution is 6.14. The van der Waals surface area contributed by atoms with Crippen LogP contribution in [-0.2, 0) is 0 Å². The van der Waals surface area contributed by atoms with Crippen LogP contribution < -0.4 is 4.90 Å². The third-order valence-corrected chi connectivity index (χ3v) is 12.4. The maximum atomic E-state index is 6.25. The van der Waals surface area contributed by atoms with Crippen molar-refractivity contribution in [3.63, 3.8) is 0 Å². The summed E-state index contributed by atoms with van der Waals surface area (Å²) in [5.41, 5.74) is 14.6. The summed E-state index contributed by atoms with van der Waals surface area (Å²) in [7, 11) is 0. The van der Waals surface area contributed by atoms with Crippen molar-refractivity contribution in [2.24, 2.45) is 0 Å². The second-order valence-electron chi connectivity index (χ2n) is 16.1. The predicted octanol–water partition coefficient (Wildman–Crippen LogP) is 17.2. The number of hydrogen-bond acceptors (Lipinski definition) is 2. The summed E-state index contributed by atoms with van der Waals surface area (Å²) in [6, 6.07) is 85.6. The van der Waals surface area contributed by atoms with Gasteiger partial charge in [0.2, 0.25) is 0 Å². The van der Waals surface area contributed by atoms with Crippen molar-refractivity contribution in [1.29, 1.82) is 0 Å². The molecule has 0 saturated carbocycles. The van der Waals surface area contributed by atoms with Gasteiger partial charge in [0.1, 0.15) is 11.2 Å².